The third-order valence-electron chi connectivity index (χ3n) is 5.57. The lowest BCUT2D eigenvalue weighted by Crippen LogP contribution is -2.71. The molecule has 3 unspecified atom stereocenters. The van der Waals surface area contributed by atoms with Crippen LogP contribution in [0.25, 0.3) is 0 Å². The fraction of sp³-hybridized carbons (Fsp3) is 0.875. The number of methoxy groups -OCH3 is 1. The number of rotatable bonds is 2. The molecule has 0 radical (unpaired) electrons. The van der Waals surface area contributed by atoms with Crippen LogP contribution in [0.5, 0.6) is 0 Å². The smallest absolute Gasteiger partial charge is 0.246 e. The van der Waals surface area contributed by atoms with Crippen molar-refractivity contribution in [3.05, 3.63) is 0 Å². The van der Waals surface area contributed by atoms with Gasteiger partial charge in [-0.05, 0) is 45.4 Å². The van der Waals surface area contributed by atoms with E-state index >= 15 is 0 Å². The maximum Gasteiger partial charge on any atom is 0.246 e. The summed E-state index contributed by atoms with van der Waals surface area (Å²) in [4.78, 5) is 27.4. The molecular formula is C16H26N2O3. The summed E-state index contributed by atoms with van der Waals surface area (Å²) < 4.78 is 5.51. The highest BCUT2D eigenvalue weighted by atomic mass is 16.5. The number of carbonyl (C=O) groups excluding carboxylic acids is 2. The lowest BCUT2D eigenvalue weighted by Gasteiger charge is -2.51. The largest absolute Gasteiger partial charge is 0.381 e. The van der Waals surface area contributed by atoms with Crippen molar-refractivity contribution < 1.29 is 14.3 Å². The molecule has 3 rings (SSSR count). The summed E-state index contributed by atoms with van der Waals surface area (Å²) in [6.45, 7) is 1.80. The second kappa shape index (κ2) is 5.59. The molecule has 2 amide bonds. The lowest BCUT2D eigenvalue weighted by atomic mass is 9.83. The van der Waals surface area contributed by atoms with Crippen LogP contribution < -0.4 is 5.32 Å². The molecular weight excluding hydrogens is 268 g/mol. The molecule has 118 valence electrons. The second-order valence-corrected chi connectivity index (χ2v) is 6.82. The van der Waals surface area contributed by atoms with Crippen LogP contribution in [0.2, 0.25) is 0 Å². The Bertz CT molecular complexity index is 431. The molecule has 0 aromatic heterocycles. The van der Waals surface area contributed by atoms with E-state index in [2.05, 4.69) is 5.32 Å². The van der Waals surface area contributed by atoms with Gasteiger partial charge in [0.25, 0.3) is 0 Å². The first-order chi connectivity index (χ1) is 10.1. The van der Waals surface area contributed by atoms with E-state index in [4.69, 9.17) is 4.74 Å². The van der Waals surface area contributed by atoms with E-state index in [9.17, 15) is 9.59 Å². The first-order valence-corrected chi connectivity index (χ1v) is 8.25. The van der Waals surface area contributed by atoms with Gasteiger partial charge in [-0.3, -0.25) is 9.59 Å². The van der Waals surface area contributed by atoms with Gasteiger partial charge in [-0.1, -0.05) is 12.8 Å². The highest BCUT2D eigenvalue weighted by molar-refractivity contribution is 6.00. The minimum absolute atomic E-state index is 0.0617. The first-order valence-electron chi connectivity index (χ1n) is 8.25. The van der Waals surface area contributed by atoms with E-state index < -0.39 is 11.6 Å². The van der Waals surface area contributed by atoms with E-state index in [0.29, 0.717) is 0 Å². The molecule has 3 aliphatic rings. The number of piperazine rings is 1. The third-order valence-corrected chi connectivity index (χ3v) is 5.57. The fourth-order valence-corrected chi connectivity index (χ4v) is 4.45. The maximum absolute atomic E-state index is 12.8. The lowest BCUT2D eigenvalue weighted by molar-refractivity contribution is -0.162. The molecule has 0 aromatic carbocycles. The molecule has 5 nitrogen and oxygen atoms in total. The van der Waals surface area contributed by atoms with E-state index in [0.717, 1.165) is 51.4 Å². The predicted octanol–water partition coefficient (Wildman–Crippen LogP) is 1.60. The minimum Gasteiger partial charge on any atom is -0.381 e. The van der Waals surface area contributed by atoms with Gasteiger partial charge in [0.15, 0.2) is 0 Å². The zero-order valence-corrected chi connectivity index (χ0v) is 13.1. The quantitative estimate of drug-likeness (QED) is 0.841. The molecule has 1 heterocycles. The number of nitrogens with zero attached hydrogens (tertiary/aromatic N) is 1. The molecule has 3 atom stereocenters. The average molecular weight is 294 g/mol. The van der Waals surface area contributed by atoms with Crippen molar-refractivity contribution in [2.75, 3.05) is 7.11 Å². The van der Waals surface area contributed by atoms with Crippen LogP contribution in [0.3, 0.4) is 0 Å². The van der Waals surface area contributed by atoms with Crippen LogP contribution in [-0.4, -0.2) is 47.6 Å². The van der Waals surface area contributed by atoms with Crippen LogP contribution in [0.1, 0.15) is 58.3 Å². The number of carbonyl (C=O) groups is 2. The zero-order valence-electron chi connectivity index (χ0n) is 13.1. The molecule has 21 heavy (non-hydrogen) atoms. The fourth-order valence-electron chi connectivity index (χ4n) is 4.45. The Morgan fingerprint density at radius 3 is 2.57 bits per heavy atom. The number of hydrogen-bond donors (Lipinski definition) is 1. The van der Waals surface area contributed by atoms with Crippen LogP contribution in [-0.2, 0) is 14.3 Å². The number of nitrogens with one attached hydrogen (secondary N) is 1. The van der Waals surface area contributed by atoms with Crippen molar-refractivity contribution in [2.24, 2.45) is 0 Å². The van der Waals surface area contributed by atoms with Crippen molar-refractivity contribution >= 4 is 11.8 Å². The van der Waals surface area contributed by atoms with Crippen molar-refractivity contribution in [3.8, 4) is 0 Å². The molecule has 0 bridgehead atoms. The van der Waals surface area contributed by atoms with Gasteiger partial charge in [0.2, 0.25) is 11.8 Å². The molecule has 1 saturated heterocycles. The Hall–Kier alpha value is -1.10. The summed E-state index contributed by atoms with van der Waals surface area (Å²) in [5.41, 5.74) is -0.579. The van der Waals surface area contributed by atoms with Crippen LogP contribution in [0, 0.1) is 0 Å². The molecule has 2 saturated carbocycles. The van der Waals surface area contributed by atoms with E-state index in [1.165, 1.54) is 0 Å². The monoisotopic (exact) mass is 294 g/mol. The highest BCUT2D eigenvalue weighted by Gasteiger charge is 2.55. The summed E-state index contributed by atoms with van der Waals surface area (Å²) >= 11 is 0. The van der Waals surface area contributed by atoms with Gasteiger partial charge in [0, 0.05) is 13.2 Å². The Morgan fingerprint density at radius 1 is 1.19 bits per heavy atom. The Balaban J connectivity index is 1.90. The average Bonchev–Trinajstić information content (AvgIpc) is 2.96. The Kier molecular flexibility index (Phi) is 3.95. The van der Waals surface area contributed by atoms with Gasteiger partial charge in [-0.25, -0.2) is 0 Å². The number of hydrogen-bond acceptors (Lipinski definition) is 3. The topological polar surface area (TPSA) is 58.6 Å². The summed E-state index contributed by atoms with van der Waals surface area (Å²) in [5.74, 6) is 0.157. The summed E-state index contributed by atoms with van der Waals surface area (Å²) in [5, 5.41) is 2.89. The van der Waals surface area contributed by atoms with Crippen molar-refractivity contribution in [3.63, 3.8) is 0 Å². The SMILES string of the molecule is COC1CCCC(N2C(=O)C(C)NC(=O)C23CCCC3)C1. The standard InChI is InChI=1S/C16H26N2O3/c1-11-14(19)18(12-6-5-7-13(10-12)21-2)16(15(20)17-11)8-3-4-9-16/h11-13H,3-10H2,1-2H3,(H,17,20). The van der Waals surface area contributed by atoms with E-state index in [-0.39, 0.29) is 24.0 Å². The minimum atomic E-state index is -0.579. The molecule has 3 fully saturated rings. The predicted molar refractivity (Wildman–Crippen MR) is 78.7 cm³/mol. The molecule has 1 aliphatic heterocycles. The van der Waals surface area contributed by atoms with Gasteiger partial charge in [-0.15, -0.1) is 0 Å². The van der Waals surface area contributed by atoms with Crippen LogP contribution >= 0.6 is 0 Å². The molecule has 5 heteroatoms. The third kappa shape index (κ3) is 2.35. The van der Waals surface area contributed by atoms with Crippen molar-refractivity contribution in [2.45, 2.75) is 82.0 Å². The summed E-state index contributed by atoms with van der Waals surface area (Å²) in [6.07, 6.45) is 7.89. The second-order valence-electron chi connectivity index (χ2n) is 6.82. The van der Waals surface area contributed by atoms with Crippen LogP contribution in [0.15, 0.2) is 0 Å². The maximum atomic E-state index is 12.8. The highest BCUT2D eigenvalue weighted by Crippen LogP contribution is 2.42. The molecule has 1 spiro atoms. The number of ether oxygens (including phenoxy) is 1. The Morgan fingerprint density at radius 2 is 1.90 bits per heavy atom. The normalized spacial score (nSPS) is 36.1. The van der Waals surface area contributed by atoms with Gasteiger partial charge < -0.3 is 15.0 Å². The van der Waals surface area contributed by atoms with Crippen LogP contribution in [0.4, 0.5) is 0 Å². The van der Waals surface area contributed by atoms with Crippen molar-refractivity contribution in [1.29, 1.82) is 0 Å². The van der Waals surface area contributed by atoms with Gasteiger partial charge in [0.05, 0.1) is 6.10 Å². The summed E-state index contributed by atoms with van der Waals surface area (Å²) in [6, 6.07) is -0.241. The van der Waals surface area contributed by atoms with E-state index in [1.54, 1.807) is 14.0 Å². The Labute approximate surface area is 126 Å². The molecule has 2 aliphatic carbocycles. The van der Waals surface area contributed by atoms with Crippen molar-refractivity contribution in [1.82, 2.24) is 10.2 Å². The summed E-state index contributed by atoms with van der Waals surface area (Å²) in [7, 11) is 1.74. The molecule has 1 N–H and O–H groups in total. The number of amides is 2. The van der Waals surface area contributed by atoms with E-state index in [1.807, 2.05) is 4.90 Å². The van der Waals surface area contributed by atoms with Gasteiger partial charge in [-0.2, -0.15) is 0 Å². The van der Waals surface area contributed by atoms with Gasteiger partial charge >= 0.3 is 0 Å². The molecule has 0 aromatic rings. The van der Waals surface area contributed by atoms with Gasteiger partial charge in [0.1, 0.15) is 11.6 Å². The first kappa shape index (κ1) is 14.8. The zero-order chi connectivity index (χ0) is 15.0.